The molecule has 1 aliphatic heterocycles. The van der Waals surface area contributed by atoms with Crippen LogP contribution in [0.25, 0.3) is 11.1 Å². The van der Waals surface area contributed by atoms with Crippen LogP contribution in [0.4, 0.5) is 28.7 Å². The Hall–Kier alpha value is -4.79. The van der Waals surface area contributed by atoms with Gasteiger partial charge in [0.15, 0.2) is 0 Å². The van der Waals surface area contributed by atoms with Gasteiger partial charge in [-0.2, -0.15) is 0 Å². The highest BCUT2D eigenvalue weighted by Crippen LogP contribution is 2.36. The lowest BCUT2D eigenvalue weighted by atomic mass is 10.0. The number of amides is 2. The fourth-order valence-electron chi connectivity index (χ4n) is 4.44. The van der Waals surface area contributed by atoms with Crippen molar-refractivity contribution in [1.29, 1.82) is 0 Å². The Bertz CT molecular complexity index is 1690. The molecule has 2 heterocycles. The minimum absolute atomic E-state index is 0.000374. The average molecular weight is 709 g/mol. The highest BCUT2D eigenvalue weighted by molar-refractivity contribution is 6.35. The predicted octanol–water partition coefficient (Wildman–Crippen LogP) is 7.42. The molecule has 0 saturated carbocycles. The number of methoxy groups -OCH3 is 1. The molecule has 16 heteroatoms. The van der Waals surface area contributed by atoms with Crippen molar-refractivity contribution in [3.05, 3.63) is 64.9 Å². The van der Waals surface area contributed by atoms with Gasteiger partial charge < -0.3 is 28.6 Å². The highest BCUT2D eigenvalue weighted by Gasteiger charge is 2.36. The van der Waals surface area contributed by atoms with Crippen LogP contribution in [0.15, 0.2) is 48.8 Å². The van der Waals surface area contributed by atoms with Crippen LogP contribution in [0.3, 0.4) is 0 Å². The Morgan fingerprint density at radius 2 is 1.57 bits per heavy atom. The van der Waals surface area contributed by atoms with E-state index in [0.29, 0.717) is 11.1 Å². The molecule has 49 heavy (non-hydrogen) atoms. The zero-order chi connectivity index (χ0) is 36.3. The lowest BCUT2D eigenvalue weighted by molar-refractivity contribution is -0.274. The number of nitrogens with zero attached hydrogens (tertiary/aromatic N) is 4. The maximum absolute atomic E-state index is 13.2. The number of esters is 1. The number of hydrogen-bond donors (Lipinski definition) is 0. The second-order valence-electron chi connectivity index (χ2n) is 13.0. The quantitative estimate of drug-likeness (QED) is 0.172. The van der Waals surface area contributed by atoms with Gasteiger partial charge >= 0.3 is 24.5 Å². The minimum Gasteiger partial charge on any atom is -0.485 e. The highest BCUT2D eigenvalue weighted by atomic mass is 35.5. The van der Waals surface area contributed by atoms with Gasteiger partial charge in [-0.1, -0.05) is 23.7 Å². The van der Waals surface area contributed by atoms with E-state index in [0.717, 1.165) is 17.0 Å². The first-order valence-corrected chi connectivity index (χ1v) is 15.3. The van der Waals surface area contributed by atoms with Crippen LogP contribution in [0.5, 0.6) is 11.5 Å². The minimum atomic E-state index is -4.90. The summed E-state index contributed by atoms with van der Waals surface area (Å²) in [4.78, 5) is 49.4. The van der Waals surface area contributed by atoms with Crippen LogP contribution in [0.1, 0.15) is 57.5 Å². The number of aromatic nitrogens is 2. The zero-order valence-corrected chi connectivity index (χ0v) is 28.6. The van der Waals surface area contributed by atoms with Gasteiger partial charge in [-0.05, 0) is 76.9 Å². The summed E-state index contributed by atoms with van der Waals surface area (Å²) in [5.74, 6) is -1.16. The summed E-state index contributed by atoms with van der Waals surface area (Å²) in [5, 5.41) is -0.00306. The van der Waals surface area contributed by atoms with Gasteiger partial charge in [-0.3, -0.25) is 0 Å². The van der Waals surface area contributed by atoms with Crippen LogP contribution in [-0.2, 0) is 20.8 Å². The molecule has 0 bridgehead atoms. The van der Waals surface area contributed by atoms with Crippen molar-refractivity contribution in [2.75, 3.05) is 25.1 Å². The predicted molar refractivity (Wildman–Crippen MR) is 172 cm³/mol. The van der Waals surface area contributed by atoms with Crippen molar-refractivity contribution < 1.29 is 51.2 Å². The smallest absolute Gasteiger partial charge is 0.485 e. The summed E-state index contributed by atoms with van der Waals surface area (Å²) in [6, 6.07) is 8.16. The molecule has 2 aromatic carbocycles. The van der Waals surface area contributed by atoms with Crippen molar-refractivity contribution in [2.45, 2.75) is 71.8 Å². The largest absolute Gasteiger partial charge is 0.573 e. The van der Waals surface area contributed by atoms with Gasteiger partial charge in [0.2, 0.25) is 5.95 Å². The van der Waals surface area contributed by atoms with E-state index in [9.17, 15) is 27.6 Å². The molecule has 0 radical (unpaired) electrons. The molecule has 0 atom stereocenters. The van der Waals surface area contributed by atoms with Crippen LogP contribution in [0, 0.1) is 0 Å². The van der Waals surface area contributed by atoms with Crippen molar-refractivity contribution in [2.24, 2.45) is 0 Å². The van der Waals surface area contributed by atoms with E-state index < -0.39 is 47.6 Å². The number of rotatable bonds is 8. The van der Waals surface area contributed by atoms with E-state index in [4.69, 9.17) is 30.5 Å². The third-order valence-electron chi connectivity index (χ3n) is 6.54. The molecular weight excluding hydrogens is 673 g/mol. The van der Waals surface area contributed by atoms with E-state index in [1.807, 2.05) is 0 Å². The Morgan fingerprint density at radius 1 is 0.939 bits per heavy atom. The van der Waals surface area contributed by atoms with Crippen LogP contribution in [-0.4, -0.2) is 76.9 Å². The molecule has 0 unspecified atom stereocenters. The molecule has 1 aromatic heterocycles. The van der Waals surface area contributed by atoms with E-state index >= 15 is 0 Å². The fraction of sp³-hybridized carbons (Fsp3) is 0.424. The Morgan fingerprint density at radius 3 is 2.14 bits per heavy atom. The summed E-state index contributed by atoms with van der Waals surface area (Å²) in [6.07, 6.45) is -3.91. The number of carbonyl (C=O) groups excluding carboxylic acids is 3. The van der Waals surface area contributed by atoms with Gasteiger partial charge in [0.1, 0.15) is 28.8 Å². The molecule has 0 N–H and O–H groups in total. The number of benzene rings is 2. The van der Waals surface area contributed by atoms with Gasteiger partial charge in [-0.15, -0.1) is 13.2 Å². The van der Waals surface area contributed by atoms with E-state index in [1.165, 1.54) is 42.6 Å². The summed E-state index contributed by atoms with van der Waals surface area (Å²) in [7, 11) is 1.20. The van der Waals surface area contributed by atoms with Crippen molar-refractivity contribution in [3.63, 3.8) is 0 Å². The first kappa shape index (κ1) is 37.0. The molecule has 0 spiro atoms. The first-order valence-electron chi connectivity index (χ1n) is 15.0. The standard InChI is InChI=1S/C33H36ClF3N4O8/c1-31(2,3)48-29(43)40-17-23(18-40)46-25-13-20(12-24(26(25)34)27(42)45-7)21-14-38-28(39-15-21)41(30(44)49-32(4,5)6)16-19-9-8-10-22(11-19)47-33(35,36)37/h8-15,23H,16-18H2,1-7H3. The summed E-state index contributed by atoms with van der Waals surface area (Å²) in [6.45, 7) is 10.5. The first-order chi connectivity index (χ1) is 22.7. The van der Waals surface area contributed by atoms with Crippen molar-refractivity contribution in [1.82, 2.24) is 14.9 Å². The van der Waals surface area contributed by atoms with Crippen LogP contribution >= 0.6 is 11.6 Å². The Labute approximate surface area is 286 Å². The van der Waals surface area contributed by atoms with Gasteiger partial charge in [0.05, 0.1) is 37.3 Å². The molecule has 3 aromatic rings. The molecule has 264 valence electrons. The second-order valence-corrected chi connectivity index (χ2v) is 13.4. The van der Waals surface area contributed by atoms with Crippen molar-refractivity contribution in [3.8, 4) is 22.6 Å². The van der Waals surface area contributed by atoms with Gasteiger partial charge in [0, 0.05) is 18.0 Å². The lowest BCUT2D eigenvalue weighted by Gasteiger charge is -2.39. The van der Waals surface area contributed by atoms with Crippen LogP contribution < -0.4 is 14.4 Å². The van der Waals surface area contributed by atoms with E-state index in [-0.39, 0.29) is 47.5 Å². The number of ether oxygens (including phenoxy) is 5. The average Bonchev–Trinajstić information content (AvgIpc) is 2.95. The van der Waals surface area contributed by atoms with Gasteiger partial charge in [0.25, 0.3) is 0 Å². The molecule has 12 nitrogen and oxygen atoms in total. The third kappa shape index (κ3) is 10.3. The normalized spacial score (nSPS) is 13.7. The summed E-state index contributed by atoms with van der Waals surface area (Å²) < 4.78 is 64.3. The summed E-state index contributed by atoms with van der Waals surface area (Å²) >= 11 is 6.54. The SMILES string of the molecule is COC(=O)c1cc(-c2cnc(N(Cc3cccc(OC(F)(F)F)c3)C(=O)OC(C)(C)C)nc2)cc(OC2CN(C(=O)OC(C)(C)C)C2)c1Cl. The number of anilines is 1. The number of carbonyl (C=O) groups is 3. The maximum atomic E-state index is 13.2. The molecule has 1 fully saturated rings. The molecule has 2 amide bonds. The van der Waals surface area contributed by atoms with Crippen molar-refractivity contribution >= 4 is 35.7 Å². The number of halogens is 4. The lowest BCUT2D eigenvalue weighted by Crippen LogP contribution is -2.57. The van der Waals surface area contributed by atoms with Gasteiger partial charge in [-0.25, -0.2) is 29.3 Å². The zero-order valence-electron chi connectivity index (χ0n) is 27.9. The molecule has 4 rings (SSSR count). The number of hydrogen-bond acceptors (Lipinski definition) is 10. The van der Waals surface area contributed by atoms with E-state index in [2.05, 4.69) is 14.7 Å². The fourth-order valence-corrected chi connectivity index (χ4v) is 4.67. The molecule has 0 aliphatic carbocycles. The number of alkyl halides is 3. The Kier molecular flexibility index (Phi) is 10.9. The summed E-state index contributed by atoms with van der Waals surface area (Å²) in [5.41, 5.74) is -0.483. The van der Waals surface area contributed by atoms with E-state index in [1.54, 1.807) is 47.6 Å². The third-order valence-corrected chi connectivity index (χ3v) is 6.93. The molecular formula is C33H36ClF3N4O8. The number of likely N-dealkylation sites (tertiary alicyclic amines) is 1. The Balaban J connectivity index is 1.61. The molecule has 1 aliphatic rings. The second kappa shape index (κ2) is 14.4. The topological polar surface area (TPSA) is 130 Å². The maximum Gasteiger partial charge on any atom is 0.573 e. The molecule has 1 saturated heterocycles. The van der Waals surface area contributed by atoms with Crippen LogP contribution in [0.2, 0.25) is 5.02 Å². The monoisotopic (exact) mass is 708 g/mol.